The smallest absolute Gasteiger partial charge is 0.265 e. The van der Waals surface area contributed by atoms with Crippen molar-refractivity contribution in [2.24, 2.45) is 0 Å². The molecule has 0 radical (unpaired) electrons. The summed E-state index contributed by atoms with van der Waals surface area (Å²) in [7, 11) is 0.536. The zero-order valence-electron chi connectivity index (χ0n) is 13.5. The second kappa shape index (κ2) is 7.42. The summed E-state index contributed by atoms with van der Waals surface area (Å²) in [6.07, 6.45) is 0. The fraction of sp³-hybridized carbons (Fsp3) is 0.250. The molecule has 0 unspecified atom stereocenters. The summed E-state index contributed by atoms with van der Waals surface area (Å²) in [5, 5.41) is 9.23. The van der Waals surface area contributed by atoms with Crippen LogP contribution in [0.4, 0.5) is 5.69 Å². The van der Waals surface area contributed by atoms with Gasteiger partial charge in [-0.15, -0.1) is 0 Å². The lowest BCUT2D eigenvalue weighted by Crippen LogP contribution is -2.27. The molecule has 8 heteroatoms. The molecule has 0 saturated carbocycles. The Bertz CT molecular complexity index is 838. The minimum Gasteiger partial charge on any atom is -0.493 e. The monoisotopic (exact) mass is 415 g/mol. The molecular weight excluding hydrogens is 398 g/mol. The maximum atomic E-state index is 13.0. The number of sulfonamides is 1. The lowest BCUT2D eigenvalue weighted by atomic mass is 10.2. The third-order valence-corrected chi connectivity index (χ3v) is 6.28. The molecular formula is C16H18BrNO5S. The highest BCUT2D eigenvalue weighted by atomic mass is 79.9. The van der Waals surface area contributed by atoms with Crippen LogP contribution < -0.4 is 13.8 Å². The molecule has 0 aliphatic heterocycles. The van der Waals surface area contributed by atoms with E-state index in [2.05, 4.69) is 15.9 Å². The number of aliphatic hydroxyl groups is 1. The molecule has 0 amide bonds. The Morgan fingerprint density at radius 2 is 1.75 bits per heavy atom. The third kappa shape index (κ3) is 3.50. The van der Waals surface area contributed by atoms with Crippen LogP contribution in [0, 0.1) is 0 Å². The van der Waals surface area contributed by atoms with Gasteiger partial charge in [-0.05, 0) is 39.7 Å². The van der Waals surface area contributed by atoms with E-state index in [4.69, 9.17) is 9.47 Å². The first-order chi connectivity index (χ1) is 11.3. The summed E-state index contributed by atoms with van der Waals surface area (Å²) in [4.78, 5) is 0.0528. The van der Waals surface area contributed by atoms with Crippen molar-refractivity contribution in [3.8, 4) is 11.5 Å². The van der Waals surface area contributed by atoms with Crippen LogP contribution in [0.2, 0.25) is 0 Å². The predicted octanol–water partition coefficient (Wildman–Crippen LogP) is 2.78. The van der Waals surface area contributed by atoms with E-state index in [1.165, 1.54) is 27.3 Å². The van der Waals surface area contributed by atoms with Crippen LogP contribution in [0.3, 0.4) is 0 Å². The van der Waals surface area contributed by atoms with Crippen molar-refractivity contribution in [1.29, 1.82) is 0 Å². The van der Waals surface area contributed by atoms with Gasteiger partial charge in [0, 0.05) is 17.6 Å². The molecule has 6 nitrogen and oxygen atoms in total. The van der Waals surface area contributed by atoms with Crippen molar-refractivity contribution in [3.05, 3.63) is 46.4 Å². The minimum atomic E-state index is -3.84. The van der Waals surface area contributed by atoms with Gasteiger partial charge in [0.05, 0.1) is 26.5 Å². The first-order valence-corrected chi connectivity index (χ1v) is 9.18. The Balaban J connectivity index is 2.53. The summed E-state index contributed by atoms with van der Waals surface area (Å²) >= 11 is 3.27. The predicted molar refractivity (Wildman–Crippen MR) is 95.2 cm³/mol. The van der Waals surface area contributed by atoms with Gasteiger partial charge >= 0.3 is 0 Å². The average Bonchev–Trinajstić information content (AvgIpc) is 2.60. The topological polar surface area (TPSA) is 76.1 Å². The highest BCUT2D eigenvalue weighted by Gasteiger charge is 2.26. The number of halogens is 1. The number of rotatable bonds is 6. The highest BCUT2D eigenvalue weighted by Crippen LogP contribution is 2.37. The van der Waals surface area contributed by atoms with Gasteiger partial charge in [-0.3, -0.25) is 4.31 Å². The number of aliphatic hydroxyl groups excluding tert-OH is 1. The molecule has 0 aliphatic carbocycles. The van der Waals surface area contributed by atoms with Crippen LogP contribution in [0.1, 0.15) is 5.56 Å². The molecule has 24 heavy (non-hydrogen) atoms. The van der Waals surface area contributed by atoms with E-state index >= 15 is 0 Å². The van der Waals surface area contributed by atoms with Crippen LogP contribution >= 0.6 is 15.9 Å². The second-order valence-corrected chi connectivity index (χ2v) is 7.73. The van der Waals surface area contributed by atoms with Crippen molar-refractivity contribution in [2.45, 2.75) is 11.5 Å². The lowest BCUT2D eigenvalue weighted by Gasteiger charge is -2.21. The fourth-order valence-electron chi connectivity index (χ4n) is 2.17. The maximum absolute atomic E-state index is 13.0. The molecule has 2 aromatic carbocycles. The van der Waals surface area contributed by atoms with Crippen LogP contribution in [-0.4, -0.2) is 34.8 Å². The average molecular weight is 416 g/mol. The van der Waals surface area contributed by atoms with Gasteiger partial charge in [-0.2, -0.15) is 0 Å². The Morgan fingerprint density at radius 3 is 2.33 bits per heavy atom. The second-order valence-electron chi connectivity index (χ2n) is 4.94. The van der Waals surface area contributed by atoms with Gasteiger partial charge in [-0.25, -0.2) is 8.42 Å². The Labute approximate surface area is 149 Å². The van der Waals surface area contributed by atoms with E-state index in [9.17, 15) is 13.5 Å². The van der Waals surface area contributed by atoms with Crippen LogP contribution in [0.5, 0.6) is 11.5 Å². The van der Waals surface area contributed by atoms with Crippen molar-refractivity contribution in [3.63, 3.8) is 0 Å². The quantitative estimate of drug-likeness (QED) is 0.784. The van der Waals surface area contributed by atoms with Crippen molar-refractivity contribution >= 4 is 31.6 Å². The summed E-state index contributed by atoms with van der Waals surface area (Å²) < 4.78 is 37.8. The molecule has 2 aromatic rings. The zero-order chi connectivity index (χ0) is 17.9. The summed E-state index contributed by atoms with van der Waals surface area (Å²) in [6, 6.07) is 9.64. The summed E-state index contributed by atoms with van der Waals surface area (Å²) in [6.45, 7) is -0.165. The number of nitrogens with zero attached hydrogens (tertiary/aromatic N) is 1. The highest BCUT2D eigenvalue weighted by molar-refractivity contribution is 9.10. The molecule has 0 saturated heterocycles. The van der Waals surface area contributed by atoms with Crippen LogP contribution in [-0.2, 0) is 16.6 Å². The number of ether oxygens (including phenoxy) is 2. The number of hydrogen-bond acceptors (Lipinski definition) is 5. The zero-order valence-corrected chi connectivity index (χ0v) is 15.9. The van der Waals surface area contributed by atoms with Gasteiger partial charge in [0.15, 0.2) is 11.5 Å². The van der Waals surface area contributed by atoms with E-state index in [1.807, 2.05) is 0 Å². The lowest BCUT2D eigenvalue weighted by molar-refractivity contribution is 0.282. The molecule has 0 aliphatic rings. The van der Waals surface area contributed by atoms with Crippen LogP contribution in [0.25, 0.3) is 0 Å². The molecule has 130 valence electrons. The molecule has 1 N–H and O–H groups in total. The standard InChI is InChI=1S/C16H18BrNO5S/c1-18(12-6-4-5-11(7-12)10-19)24(20,21)16-9-15(23-3)14(22-2)8-13(16)17/h4-9,19H,10H2,1-3H3. The van der Waals surface area contributed by atoms with Gasteiger partial charge in [0.1, 0.15) is 4.90 Å². The van der Waals surface area contributed by atoms with Crippen molar-refractivity contribution in [1.82, 2.24) is 0 Å². The Kier molecular flexibility index (Phi) is 5.74. The number of anilines is 1. The normalized spacial score (nSPS) is 11.2. The van der Waals surface area contributed by atoms with E-state index < -0.39 is 10.0 Å². The van der Waals surface area contributed by atoms with Gasteiger partial charge < -0.3 is 14.6 Å². The Hall–Kier alpha value is -1.77. The van der Waals surface area contributed by atoms with Crippen molar-refractivity contribution in [2.75, 3.05) is 25.6 Å². The molecule has 2 rings (SSSR count). The Morgan fingerprint density at radius 1 is 1.12 bits per heavy atom. The fourth-order valence-corrected chi connectivity index (χ4v) is 4.35. The number of methoxy groups -OCH3 is 2. The molecule has 0 atom stereocenters. The molecule has 0 bridgehead atoms. The number of benzene rings is 2. The minimum absolute atomic E-state index is 0.0528. The van der Waals surface area contributed by atoms with Gasteiger partial charge in [-0.1, -0.05) is 12.1 Å². The van der Waals surface area contributed by atoms with E-state index in [1.54, 1.807) is 30.3 Å². The van der Waals surface area contributed by atoms with E-state index in [-0.39, 0.29) is 11.5 Å². The maximum Gasteiger partial charge on any atom is 0.265 e. The molecule has 0 spiro atoms. The molecule has 0 fully saturated rings. The summed E-state index contributed by atoms with van der Waals surface area (Å²) in [5.41, 5.74) is 1.07. The SMILES string of the molecule is COc1cc(Br)c(S(=O)(=O)N(C)c2cccc(CO)c2)cc1OC. The summed E-state index contributed by atoms with van der Waals surface area (Å²) in [5.74, 6) is 0.741. The van der Waals surface area contributed by atoms with E-state index in [0.29, 0.717) is 27.2 Å². The van der Waals surface area contributed by atoms with Gasteiger partial charge in [0.25, 0.3) is 10.0 Å². The van der Waals surface area contributed by atoms with Gasteiger partial charge in [0.2, 0.25) is 0 Å². The first kappa shape index (κ1) is 18.6. The molecule has 0 heterocycles. The largest absolute Gasteiger partial charge is 0.493 e. The number of hydrogen-bond donors (Lipinski definition) is 1. The van der Waals surface area contributed by atoms with Crippen LogP contribution in [0.15, 0.2) is 45.8 Å². The molecule has 0 aromatic heterocycles. The third-order valence-electron chi connectivity index (χ3n) is 3.53. The van der Waals surface area contributed by atoms with E-state index in [0.717, 1.165) is 4.31 Å². The first-order valence-electron chi connectivity index (χ1n) is 6.95. The van der Waals surface area contributed by atoms with Crippen molar-refractivity contribution < 1.29 is 23.0 Å².